The van der Waals surface area contributed by atoms with E-state index in [0.717, 1.165) is 17.7 Å². The predicted octanol–water partition coefficient (Wildman–Crippen LogP) is 4.99. The molecule has 0 aliphatic carbocycles. The molecule has 1 aliphatic rings. The van der Waals surface area contributed by atoms with Crippen molar-refractivity contribution < 1.29 is 22.6 Å². The molecule has 1 atom stereocenters. The highest BCUT2D eigenvalue weighted by atomic mass is 19.4. The predicted molar refractivity (Wildman–Crippen MR) is 92.4 cm³/mol. The van der Waals surface area contributed by atoms with Crippen molar-refractivity contribution in [2.75, 3.05) is 13.7 Å². The van der Waals surface area contributed by atoms with Crippen molar-refractivity contribution in [3.8, 4) is 5.75 Å². The molecule has 0 bridgehead atoms. The Morgan fingerprint density at radius 1 is 1.08 bits per heavy atom. The van der Waals surface area contributed by atoms with Gasteiger partial charge < -0.3 is 9.47 Å². The van der Waals surface area contributed by atoms with E-state index in [4.69, 9.17) is 9.47 Å². The van der Waals surface area contributed by atoms with Gasteiger partial charge in [0.25, 0.3) is 0 Å². The van der Waals surface area contributed by atoms with Crippen LogP contribution in [0.15, 0.2) is 30.3 Å². The first kappa shape index (κ1) is 18.7. The number of alkyl halides is 3. The molecule has 2 aromatic rings. The first-order valence-corrected chi connectivity index (χ1v) is 8.37. The largest absolute Gasteiger partial charge is 0.496 e. The maximum atomic E-state index is 13.2. The molecular weight excluding hydrogens is 343 g/mol. The summed E-state index contributed by atoms with van der Waals surface area (Å²) in [5, 5.41) is 0. The van der Waals surface area contributed by atoms with Gasteiger partial charge in [0.2, 0.25) is 0 Å². The summed E-state index contributed by atoms with van der Waals surface area (Å²) in [7, 11) is 1.54. The van der Waals surface area contributed by atoms with Crippen LogP contribution in [0.1, 0.15) is 48.8 Å². The van der Waals surface area contributed by atoms with Crippen LogP contribution in [0.25, 0.3) is 0 Å². The van der Waals surface area contributed by atoms with Gasteiger partial charge in [0, 0.05) is 11.3 Å². The Hall–Kier alpha value is -2.08. The number of aryl methyl sites for hydroxylation is 1. The van der Waals surface area contributed by atoms with Crippen molar-refractivity contribution in [1.29, 1.82) is 0 Å². The Labute approximate surface area is 151 Å². The average molecular weight is 365 g/mol. The van der Waals surface area contributed by atoms with Gasteiger partial charge in [-0.3, -0.25) is 4.98 Å². The highest BCUT2D eigenvalue weighted by Crippen LogP contribution is 2.49. The number of nitrogens with zero attached hydrogens (tertiary/aromatic N) is 1. The molecule has 1 aromatic carbocycles. The smallest absolute Gasteiger partial charge is 0.416 e. The number of aromatic nitrogens is 1. The molecule has 2 heterocycles. The van der Waals surface area contributed by atoms with Crippen LogP contribution >= 0.6 is 0 Å². The Bertz CT molecular complexity index is 834. The van der Waals surface area contributed by atoms with E-state index in [0.29, 0.717) is 17.0 Å². The van der Waals surface area contributed by atoms with Crippen LogP contribution in [0.5, 0.6) is 5.75 Å². The van der Waals surface area contributed by atoms with E-state index in [-0.39, 0.29) is 17.7 Å². The molecule has 0 spiro atoms. The van der Waals surface area contributed by atoms with Gasteiger partial charge in [0.05, 0.1) is 25.0 Å². The molecule has 1 aromatic heterocycles. The number of epoxide rings is 1. The van der Waals surface area contributed by atoms with Crippen LogP contribution in [-0.4, -0.2) is 18.7 Å². The summed E-state index contributed by atoms with van der Waals surface area (Å²) in [6.07, 6.45) is -4.43. The lowest BCUT2D eigenvalue weighted by atomic mass is 9.83. The number of benzene rings is 1. The Balaban J connectivity index is 2.17. The van der Waals surface area contributed by atoms with Gasteiger partial charge in [-0.05, 0) is 42.2 Å². The number of hydrogen-bond donors (Lipinski definition) is 0. The molecule has 26 heavy (non-hydrogen) atoms. The molecule has 0 N–H and O–H groups in total. The van der Waals surface area contributed by atoms with Crippen LogP contribution in [0, 0.1) is 6.92 Å². The first-order valence-electron chi connectivity index (χ1n) is 8.37. The van der Waals surface area contributed by atoms with Gasteiger partial charge in [-0.1, -0.05) is 26.8 Å². The zero-order chi connectivity index (χ0) is 19.3. The second-order valence-electron chi connectivity index (χ2n) is 7.66. The van der Waals surface area contributed by atoms with Gasteiger partial charge in [-0.25, -0.2) is 0 Å². The van der Waals surface area contributed by atoms with E-state index >= 15 is 0 Å². The standard InChI is InChI=1S/C20H22F3NO2/c1-12-8-14(20(21,22)23)10-17(24-12)19(11-26-19)15-9-13(18(2,3)4)6-7-16(15)25-5/h6-10H,11H2,1-5H3. The van der Waals surface area contributed by atoms with Gasteiger partial charge in [0.15, 0.2) is 5.60 Å². The second-order valence-corrected chi connectivity index (χ2v) is 7.66. The highest BCUT2D eigenvalue weighted by Gasteiger charge is 2.52. The van der Waals surface area contributed by atoms with E-state index in [9.17, 15) is 13.2 Å². The van der Waals surface area contributed by atoms with Gasteiger partial charge in [0.1, 0.15) is 5.75 Å². The van der Waals surface area contributed by atoms with E-state index in [2.05, 4.69) is 25.8 Å². The lowest BCUT2D eigenvalue weighted by Crippen LogP contribution is -2.19. The van der Waals surface area contributed by atoms with Crippen molar-refractivity contribution in [2.24, 2.45) is 0 Å². The lowest BCUT2D eigenvalue weighted by Gasteiger charge is -2.23. The maximum absolute atomic E-state index is 13.2. The monoisotopic (exact) mass is 365 g/mol. The Morgan fingerprint density at radius 2 is 1.73 bits per heavy atom. The van der Waals surface area contributed by atoms with Crippen molar-refractivity contribution >= 4 is 0 Å². The fourth-order valence-corrected chi connectivity index (χ4v) is 3.04. The third-order valence-corrected chi connectivity index (χ3v) is 4.63. The lowest BCUT2D eigenvalue weighted by molar-refractivity contribution is -0.137. The van der Waals surface area contributed by atoms with E-state index in [1.54, 1.807) is 6.92 Å². The fourth-order valence-electron chi connectivity index (χ4n) is 3.04. The minimum atomic E-state index is -4.43. The van der Waals surface area contributed by atoms with Crippen LogP contribution < -0.4 is 4.74 Å². The number of pyridine rings is 1. The van der Waals surface area contributed by atoms with Gasteiger partial charge >= 0.3 is 6.18 Å². The zero-order valence-electron chi connectivity index (χ0n) is 15.5. The Morgan fingerprint density at radius 3 is 2.23 bits per heavy atom. The summed E-state index contributed by atoms with van der Waals surface area (Å²) >= 11 is 0. The number of methoxy groups -OCH3 is 1. The molecule has 3 rings (SSSR count). The highest BCUT2D eigenvalue weighted by molar-refractivity contribution is 5.50. The van der Waals surface area contributed by atoms with Crippen LogP contribution in [0.2, 0.25) is 0 Å². The molecule has 1 unspecified atom stereocenters. The second kappa shape index (κ2) is 5.98. The SMILES string of the molecule is COc1ccc(C(C)(C)C)cc1C1(c2cc(C(F)(F)F)cc(C)n2)CO1. The van der Waals surface area contributed by atoms with Crippen LogP contribution in [-0.2, 0) is 21.9 Å². The van der Waals surface area contributed by atoms with Crippen LogP contribution in [0.3, 0.4) is 0 Å². The summed E-state index contributed by atoms with van der Waals surface area (Å²) in [6, 6.07) is 7.86. The maximum Gasteiger partial charge on any atom is 0.416 e. The van der Waals surface area contributed by atoms with E-state index < -0.39 is 17.3 Å². The third kappa shape index (κ3) is 3.30. The number of halogens is 3. The molecule has 1 aliphatic heterocycles. The number of ether oxygens (including phenoxy) is 2. The van der Waals surface area contributed by atoms with Crippen molar-refractivity contribution in [1.82, 2.24) is 4.98 Å². The molecular formula is C20H22F3NO2. The Kier molecular flexibility index (Phi) is 4.30. The number of hydrogen-bond acceptors (Lipinski definition) is 3. The summed E-state index contributed by atoms with van der Waals surface area (Å²) in [5.74, 6) is 0.576. The summed E-state index contributed by atoms with van der Waals surface area (Å²) in [5.41, 5.74) is 0.476. The normalized spacial score (nSPS) is 20.2. The quantitative estimate of drug-likeness (QED) is 0.719. The average Bonchev–Trinajstić information content (AvgIpc) is 3.33. The first-order chi connectivity index (χ1) is 12.0. The van der Waals surface area contributed by atoms with Crippen molar-refractivity contribution in [3.05, 3.63) is 58.4 Å². The number of rotatable bonds is 3. The molecule has 1 fully saturated rings. The molecule has 140 valence electrons. The third-order valence-electron chi connectivity index (χ3n) is 4.63. The minimum absolute atomic E-state index is 0.117. The van der Waals surface area contributed by atoms with E-state index in [1.165, 1.54) is 7.11 Å². The zero-order valence-corrected chi connectivity index (χ0v) is 15.5. The molecule has 3 nitrogen and oxygen atoms in total. The minimum Gasteiger partial charge on any atom is -0.496 e. The van der Waals surface area contributed by atoms with Gasteiger partial charge in [-0.2, -0.15) is 13.2 Å². The molecule has 0 amide bonds. The summed E-state index contributed by atoms with van der Waals surface area (Å²) in [6.45, 7) is 8.05. The van der Waals surface area contributed by atoms with Crippen LogP contribution in [0.4, 0.5) is 13.2 Å². The van der Waals surface area contributed by atoms with Gasteiger partial charge in [-0.15, -0.1) is 0 Å². The molecule has 1 saturated heterocycles. The molecule has 0 saturated carbocycles. The molecule has 6 heteroatoms. The topological polar surface area (TPSA) is 34.6 Å². The van der Waals surface area contributed by atoms with Crippen molar-refractivity contribution in [3.63, 3.8) is 0 Å². The molecule has 0 radical (unpaired) electrons. The summed E-state index contributed by atoms with van der Waals surface area (Å²) in [4.78, 5) is 4.34. The summed E-state index contributed by atoms with van der Waals surface area (Å²) < 4.78 is 50.8. The van der Waals surface area contributed by atoms with E-state index in [1.807, 2.05) is 18.2 Å². The van der Waals surface area contributed by atoms with Crippen molar-refractivity contribution in [2.45, 2.75) is 44.9 Å². The fraction of sp³-hybridized carbons (Fsp3) is 0.450.